The zero-order valence-electron chi connectivity index (χ0n) is 24.5. The maximum absolute atomic E-state index is 9.64. The van der Waals surface area contributed by atoms with E-state index < -0.39 is 0 Å². The molecule has 218 valence electrons. The Balaban J connectivity index is 1.04. The van der Waals surface area contributed by atoms with Crippen LogP contribution in [-0.4, -0.2) is 50.5 Å². The van der Waals surface area contributed by atoms with E-state index >= 15 is 0 Å². The molecule has 2 aliphatic heterocycles. The summed E-state index contributed by atoms with van der Waals surface area (Å²) in [5.74, 6) is 3.79. The van der Waals surface area contributed by atoms with Gasteiger partial charge in [0.05, 0.1) is 24.6 Å². The zero-order chi connectivity index (χ0) is 29.5. The van der Waals surface area contributed by atoms with Crippen molar-refractivity contribution in [2.24, 2.45) is 23.7 Å². The number of ether oxygens (including phenoxy) is 1. The molecule has 6 atom stereocenters. The summed E-state index contributed by atoms with van der Waals surface area (Å²) in [5.41, 5.74) is 6.87. The highest BCUT2D eigenvalue weighted by atomic mass is 16.5. The number of methoxy groups -OCH3 is 1. The third-order valence-corrected chi connectivity index (χ3v) is 10.1. The van der Waals surface area contributed by atoms with E-state index in [-0.39, 0.29) is 5.57 Å². The van der Waals surface area contributed by atoms with Crippen LogP contribution in [0, 0.1) is 40.4 Å². The number of dihydropyridines is 1. The molecular weight excluding hydrogens is 536 g/mol. The number of allylic oxidation sites excluding steroid dienone is 4. The molecule has 7 rings (SSSR count). The standard InChI is InChI=1S/C34H36N8O/c1-20-9-29-33-30(42(29)19-21-3-8-31(43-2)38-14-21)11-22(32(20)33)4-6-27-7-5-23(15-37-27)28-10-24(26-17-40-41-18-26)16-39-34(28)25(12-35)13-36/h3,5,7-8,10,12,14-18,20,22,29-30,32-33,35,39H,4,6,9,11,19H2,1-2H3,(H,40,41)/b34-25+,35-12?. The van der Waals surface area contributed by atoms with Crippen LogP contribution in [0.3, 0.4) is 0 Å². The van der Waals surface area contributed by atoms with Gasteiger partial charge in [0.15, 0.2) is 0 Å². The summed E-state index contributed by atoms with van der Waals surface area (Å²) in [7, 11) is 1.66. The van der Waals surface area contributed by atoms with Crippen LogP contribution >= 0.6 is 0 Å². The normalized spacial score (nSPS) is 28.6. The monoisotopic (exact) mass is 572 g/mol. The summed E-state index contributed by atoms with van der Waals surface area (Å²) in [4.78, 5) is 12.0. The molecular formula is C34H36N8O. The van der Waals surface area contributed by atoms with Crippen LogP contribution in [0.1, 0.15) is 48.6 Å². The van der Waals surface area contributed by atoms with Crippen molar-refractivity contribution in [1.29, 1.82) is 10.7 Å². The van der Waals surface area contributed by atoms with Crippen LogP contribution in [0.25, 0.3) is 11.1 Å². The highest BCUT2D eigenvalue weighted by Crippen LogP contribution is 2.61. The molecule has 6 unspecified atom stereocenters. The summed E-state index contributed by atoms with van der Waals surface area (Å²) >= 11 is 0. The SMILES string of the molecule is COc1ccc(CN2C3CC(C)C4C(CCc5ccc(C6=CC(c7cn[nH]c7)=CN/C6=C(/C#N)C=N)cn5)CC2C43)cn1. The Kier molecular flexibility index (Phi) is 7.15. The lowest BCUT2D eigenvalue weighted by Crippen LogP contribution is -2.59. The van der Waals surface area contributed by atoms with Gasteiger partial charge in [-0.1, -0.05) is 19.1 Å². The predicted octanol–water partition coefficient (Wildman–Crippen LogP) is 5.14. The fourth-order valence-electron chi connectivity index (χ4n) is 8.23. The van der Waals surface area contributed by atoms with E-state index in [0.717, 1.165) is 77.2 Å². The number of nitriles is 1. The molecule has 3 N–H and O–H groups in total. The van der Waals surface area contributed by atoms with E-state index in [4.69, 9.17) is 15.1 Å². The van der Waals surface area contributed by atoms with E-state index in [9.17, 15) is 5.26 Å². The van der Waals surface area contributed by atoms with Gasteiger partial charge in [0.2, 0.25) is 5.88 Å². The Morgan fingerprint density at radius 1 is 1.12 bits per heavy atom. The van der Waals surface area contributed by atoms with Gasteiger partial charge in [-0.3, -0.25) is 15.0 Å². The van der Waals surface area contributed by atoms with Gasteiger partial charge >= 0.3 is 0 Å². The summed E-state index contributed by atoms with van der Waals surface area (Å²) in [6, 6.07) is 11.8. The Bertz CT molecular complexity index is 1630. The van der Waals surface area contributed by atoms with Crippen LogP contribution in [0.15, 0.2) is 72.6 Å². The van der Waals surface area contributed by atoms with Gasteiger partial charge in [0, 0.05) is 83.7 Å². The van der Waals surface area contributed by atoms with Crippen LogP contribution < -0.4 is 10.1 Å². The van der Waals surface area contributed by atoms with E-state index in [1.807, 2.05) is 36.9 Å². The summed E-state index contributed by atoms with van der Waals surface area (Å²) in [5, 5.41) is 27.5. The lowest BCUT2D eigenvalue weighted by molar-refractivity contribution is -0.0357. The first-order chi connectivity index (χ1) is 21.1. The van der Waals surface area contributed by atoms with Crippen molar-refractivity contribution in [2.45, 2.75) is 51.2 Å². The number of aromatic nitrogens is 4. The number of likely N-dealkylation sites (tertiary alicyclic amines) is 1. The molecule has 1 saturated heterocycles. The Hall–Kier alpha value is -4.55. The molecule has 9 heteroatoms. The Morgan fingerprint density at radius 2 is 2.00 bits per heavy atom. The number of nitrogens with one attached hydrogen (secondary N) is 3. The number of aromatic amines is 1. The molecule has 3 aromatic rings. The second kappa shape index (κ2) is 11.3. The maximum atomic E-state index is 9.64. The molecule has 43 heavy (non-hydrogen) atoms. The first kappa shape index (κ1) is 27.3. The van der Waals surface area contributed by atoms with Gasteiger partial charge in [-0.15, -0.1) is 0 Å². The molecule has 2 saturated carbocycles. The Labute approximate surface area is 251 Å². The average Bonchev–Trinajstić information content (AvgIpc) is 3.77. The number of hydrogen-bond acceptors (Lipinski definition) is 8. The van der Waals surface area contributed by atoms with Crippen LogP contribution in [-0.2, 0) is 13.0 Å². The third-order valence-electron chi connectivity index (χ3n) is 10.1. The van der Waals surface area contributed by atoms with Crippen LogP contribution in [0.5, 0.6) is 5.88 Å². The number of nitrogens with zero attached hydrogens (tertiary/aromatic N) is 5. The van der Waals surface area contributed by atoms with Crippen LogP contribution in [0.4, 0.5) is 0 Å². The molecule has 0 aromatic carbocycles. The first-order valence-corrected chi connectivity index (χ1v) is 15.1. The quantitative estimate of drug-likeness (QED) is 0.239. The third kappa shape index (κ3) is 4.86. The Morgan fingerprint density at radius 3 is 2.70 bits per heavy atom. The number of aryl methyl sites for hydroxylation is 1. The second-order valence-corrected chi connectivity index (χ2v) is 12.3. The number of hydrogen-bond donors (Lipinski definition) is 3. The van der Waals surface area contributed by atoms with E-state index in [2.05, 4.69) is 56.6 Å². The van der Waals surface area contributed by atoms with Crippen molar-refractivity contribution in [3.8, 4) is 11.9 Å². The first-order valence-electron chi connectivity index (χ1n) is 15.1. The van der Waals surface area contributed by atoms with E-state index in [1.54, 1.807) is 13.3 Å². The van der Waals surface area contributed by atoms with Crippen molar-refractivity contribution in [1.82, 2.24) is 30.4 Å². The van der Waals surface area contributed by atoms with Gasteiger partial charge in [-0.05, 0) is 67.1 Å². The highest BCUT2D eigenvalue weighted by molar-refractivity contribution is 5.97. The lowest BCUT2D eigenvalue weighted by Gasteiger charge is -2.51. The fourth-order valence-corrected chi connectivity index (χ4v) is 8.23. The molecule has 3 fully saturated rings. The van der Waals surface area contributed by atoms with E-state index in [1.165, 1.54) is 18.4 Å². The fraction of sp³-hybridized carbons (Fsp3) is 0.382. The minimum atomic E-state index is 0.273. The largest absolute Gasteiger partial charge is 0.481 e. The topological polar surface area (TPSA) is 127 Å². The lowest BCUT2D eigenvalue weighted by atomic mass is 9.80. The molecule has 9 nitrogen and oxygen atoms in total. The molecule has 0 amide bonds. The molecule has 2 aliphatic carbocycles. The maximum Gasteiger partial charge on any atom is 0.212 e. The number of rotatable bonds is 9. The molecule has 3 aromatic heterocycles. The summed E-state index contributed by atoms with van der Waals surface area (Å²) in [6.07, 6.45) is 17.1. The number of H-pyrrole nitrogens is 1. The van der Waals surface area contributed by atoms with Crippen molar-refractivity contribution in [3.05, 3.63) is 95.0 Å². The average molecular weight is 573 g/mol. The van der Waals surface area contributed by atoms with Gasteiger partial charge in [0.25, 0.3) is 0 Å². The summed E-state index contributed by atoms with van der Waals surface area (Å²) in [6.45, 7) is 3.44. The molecule has 4 aliphatic rings. The predicted molar refractivity (Wildman–Crippen MR) is 164 cm³/mol. The van der Waals surface area contributed by atoms with Crippen molar-refractivity contribution >= 4 is 17.4 Å². The smallest absolute Gasteiger partial charge is 0.212 e. The van der Waals surface area contributed by atoms with Gasteiger partial charge in [-0.2, -0.15) is 10.4 Å². The van der Waals surface area contributed by atoms with Gasteiger partial charge in [0.1, 0.15) is 6.07 Å². The molecule has 0 bridgehead atoms. The van der Waals surface area contributed by atoms with Crippen LogP contribution in [0.2, 0.25) is 0 Å². The van der Waals surface area contributed by atoms with Crippen molar-refractivity contribution in [2.75, 3.05) is 7.11 Å². The highest BCUT2D eigenvalue weighted by Gasteiger charge is 2.63. The van der Waals surface area contributed by atoms with Gasteiger partial charge in [-0.25, -0.2) is 4.98 Å². The molecule has 0 radical (unpaired) electrons. The minimum Gasteiger partial charge on any atom is -0.481 e. The number of pyridine rings is 2. The summed E-state index contributed by atoms with van der Waals surface area (Å²) < 4.78 is 5.24. The minimum absolute atomic E-state index is 0.273. The van der Waals surface area contributed by atoms with Crippen molar-refractivity contribution in [3.63, 3.8) is 0 Å². The zero-order valence-corrected chi connectivity index (χ0v) is 24.5. The van der Waals surface area contributed by atoms with Crippen molar-refractivity contribution < 1.29 is 4.74 Å². The van der Waals surface area contributed by atoms with E-state index in [0.29, 0.717) is 23.7 Å². The van der Waals surface area contributed by atoms with Gasteiger partial charge < -0.3 is 15.5 Å². The molecule has 5 heterocycles. The second-order valence-electron chi connectivity index (χ2n) is 12.3. The molecule has 0 spiro atoms.